The Morgan fingerprint density at radius 3 is 2.09 bits per heavy atom. The van der Waals surface area contributed by atoms with Gasteiger partial charge in [-0.2, -0.15) is 0 Å². The summed E-state index contributed by atoms with van der Waals surface area (Å²) in [7, 11) is 0. The predicted octanol–water partition coefficient (Wildman–Crippen LogP) is -1.15. The molecule has 0 aromatic carbocycles. The Labute approximate surface area is 63.5 Å². The third-order valence-electron chi connectivity index (χ3n) is 1.45. The Bertz CT molecular complexity index is 147. The fraction of sp³-hybridized carbons (Fsp3) is 0.833. The smallest absolute Gasteiger partial charge is 0.340 e. The molecule has 5 nitrogen and oxygen atoms in total. The fourth-order valence-corrected chi connectivity index (χ4v) is 0.765. The number of hydrogen-bond donors (Lipinski definition) is 2. The third kappa shape index (κ3) is 1.89. The van der Waals surface area contributed by atoms with Gasteiger partial charge in [0.1, 0.15) is 0 Å². The molecule has 1 heterocycles. The zero-order valence-corrected chi connectivity index (χ0v) is 5.95. The molecule has 0 saturated carbocycles. The number of hydrogen-bond acceptors (Lipinski definition) is 4. The standard InChI is InChI=1S/C6H10O5/c7-5(8)6(9)3-10-1-2-11-4-6/h9H,1-4H2,(H,7,8). The lowest BCUT2D eigenvalue weighted by atomic mass is 10.1. The van der Waals surface area contributed by atoms with E-state index in [2.05, 4.69) is 0 Å². The minimum atomic E-state index is -1.86. The number of ether oxygens (including phenoxy) is 2. The minimum Gasteiger partial charge on any atom is -0.479 e. The molecule has 0 atom stereocenters. The molecule has 0 radical (unpaired) electrons. The Hall–Kier alpha value is -0.650. The maximum Gasteiger partial charge on any atom is 0.340 e. The largest absolute Gasteiger partial charge is 0.479 e. The first-order chi connectivity index (χ1) is 5.15. The molecule has 0 spiro atoms. The lowest BCUT2D eigenvalue weighted by Crippen LogP contribution is -2.46. The van der Waals surface area contributed by atoms with Gasteiger partial charge in [0.15, 0.2) is 0 Å². The van der Waals surface area contributed by atoms with E-state index >= 15 is 0 Å². The maximum atomic E-state index is 10.4. The molecule has 64 valence electrons. The van der Waals surface area contributed by atoms with Crippen molar-refractivity contribution in [3.05, 3.63) is 0 Å². The van der Waals surface area contributed by atoms with Gasteiger partial charge in [0.05, 0.1) is 26.4 Å². The molecule has 2 N–H and O–H groups in total. The van der Waals surface area contributed by atoms with Crippen LogP contribution in [0.4, 0.5) is 0 Å². The minimum absolute atomic E-state index is 0.206. The van der Waals surface area contributed by atoms with E-state index in [1.165, 1.54) is 0 Å². The maximum absolute atomic E-state index is 10.4. The van der Waals surface area contributed by atoms with Gasteiger partial charge in [0.25, 0.3) is 0 Å². The summed E-state index contributed by atoms with van der Waals surface area (Å²) in [5.41, 5.74) is -1.86. The van der Waals surface area contributed by atoms with E-state index in [9.17, 15) is 9.90 Å². The first-order valence-electron chi connectivity index (χ1n) is 3.26. The van der Waals surface area contributed by atoms with E-state index in [0.29, 0.717) is 13.2 Å². The van der Waals surface area contributed by atoms with Crippen LogP contribution >= 0.6 is 0 Å². The van der Waals surface area contributed by atoms with Crippen molar-refractivity contribution in [1.29, 1.82) is 0 Å². The van der Waals surface area contributed by atoms with Gasteiger partial charge in [-0.1, -0.05) is 0 Å². The summed E-state index contributed by atoms with van der Waals surface area (Å²) in [4.78, 5) is 10.4. The van der Waals surface area contributed by atoms with Gasteiger partial charge in [-0.15, -0.1) is 0 Å². The molecule has 11 heavy (non-hydrogen) atoms. The average Bonchev–Trinajstić information content (AvgIpc) is 2.15. The van der Waals surface area contributed by atoms with Crippen LogP contribution in [0.1, 0.15) is 0 Å². The van der Waals surface area contributed by atoms with Crippen LogP contribution in [-0.4, -0.2) is 48.2 Å². The molecular weight excluding hydrogens is 152 g/mol. The SMILES string of the molecule is O=C(O)C1(O)COCCOC1. The highest BCUT2D eigenvalue weighted by Crippen LogP contribution is 2.09. The van der Waals surface area contributed by atoms with Crippen LogP contribution in [0, 0.1) is 0 Å². The summed E-state index contributed by atoms with van der Waals surface area (Å²) < 4.78 is 9.63. The van der Waals surface area contributed by atoms with Crippen LogP contribution in [0.15, 0.2) is 0 Å². The summed E-state index contributed by atoms with van der Waals surface area (Å²) in [5.74, 6) is -1.31. The lowest BCUT2D eigenvalue weighted by molar-refractivity contribution is -0.167. The van der Waals surface area contributed by atoms with Crippen LogP contribution in [0.25, 0.3) is 0 Å². The van der Waals surface area contributed by atoms with Gasteiger partial charge in [0, 0.05) is 0 Å². The van der Waals surface area contributed by atoms with Crippen molar-refractivity contribution in [2.75, 3.05) is 26.4 Å². The van der Waals surface area contributed by atoms with Crippen LogP contribution in [-0.2, 0) is 14.3 Å². The quantitative estimate of drug-likeness (QED) is 0.509. The lowest BCUT2D eigenvalue weighted by Gasteiger charge is -2.18. The van der Waals surface area contributed by atoms with Crippen LogP contribution in [0.3, 0.4) is 0 Å². The molecule has 5 heteroatoms. The van der Waals surface area contributed by atoms with Gasteiger partial charge < -0.3 is 19.7 Å². The second-order valence-corrected chi connectivity index (χ2v) is 2.44. The van der Waals surface area contributed by atoms with Crippen LogP contribution in [0.2, 0.25) is 0 Å². The number of carbonyl (C=O) groups is 1. The normalized spacial score (nSPS) is 24.1. The first-order valence-corrected chi connectivity index (χ1v) is 3.26. The number of carboxylic acids is 1. The van der Waals surface area contributed by atoms with Crippen molar-refractivity contribution in [2.24, 2.45) is 0 Å². The van der Waals surface area contributed by atoms with E-state index in [4.69, 9.17) is 14.6 Å². The number of rotatable bonds is 1. The number of aliphatic carboxylic acids is 1. The summed E-state index contributed by atoms with van der Waals surface area (Å²) >= 11 is 0. The Kier molecular flexibility index (Phi) is 2.43. The molecule has 1 saturated heterocycles. The highest BCUT2D eigenvalue weighted by molar-refractivity contribution is 5.77. The zero-order chi connectivity index (χ0) is 8.32. The molecule has 0 aliphatic carbocycles. The zero-order valence-electron chi connectivity index (χ0n) is 5.95. The third-order valence-corrected chi connectivity index (χ3v) is 1.45. The van der Waals surface area contributed by atoms with Gasteiger partial charge >= 0.3 is 5.97 Å². The molecule has 1 rings (SSSR count). The molecule has 1 fully saturated rings. The second kappa shape index (κ2) is 3.17. The predicted molar refractivity (Wildman–Crippen MR) is 34.2 cm³/mol. The van der Waals surface area contributed by atoms with E-state index in [1.54, 1.807) is 0 Å². The van der Waals surface area contributed by atoms with Crippen molar-refractivity contribution < 1.29 is 24.5 Å². The summed E-state index contributed by atoms with van der Waals surface area (Å²) in [5, 5.41) is 17.8. The van der Waals surface area contributed by atoms with E-state index in [1.807, 2.05) is 0 Å². The molecule has 1 aliphatic heterocycles. The van der Waals surface area contributed by atoms with E-state index < -0.39 is 11.6 Å². The van der Waals surface area contributed by atoms with E-state index in [-0.39, 0.29) is 13.2 Å². The molecule has 0 bridgehead atoms. The number of carboxylic acid groups (broad SMARTS) is 1. The summed E-state index contributed by atoms with van der Waals surface area (Å²) in [6.07, 6.45) is 0. The van der Waals surface area contributed by atoms with Crippen molar-refractivity contribution >= 4 is 5.97 Å². The highest BCUT2D eigenvalue weighted by atomic mass is 16.6. The summed E-state index contributed by atoms with van der Waals surface area (Å²) in [6, 6.07) is 0. The summed E-state index contributed by atoms with van der Waals surface area (Å²) in [6.45, 7) is 0.246. The van der Waals surface area contributed by atoms with E-state index in [0.717, 1.165) is 0 Å². The molecule has 0 unspecified atom stereocenters. The van der Waals surface area contributed by atoms with Gasteiger partial charge in [-0.05, 0) is 0 Å². The van der Waals surface area contributed by atoms with Crippen LogP contribution in [0.5, 0.6) is 0 Å². The highest BCUT2D eigenvalue weighted by Gasteiger charge is 2.38. The molecule has 0 aromatic rings. The Morgan fingerprint density at radius 1 is 1.27 bits per heavy atom. The fourth-order valence-electron chi connectivity index (χ4n) is 0.765. The van der Waals surface area contributed by atoms with Crippen LogP contribution < -0.4 is 0 Å². The Balaban J connectivity index is 2.59. The van der Waals surface area contributed by atoms with Crippen molar-refractivity contribution in [1.82, 2.24) is 0 Å². The first kappa shape index (κ1) is 8.45. The van der Waals surface area contributed by atoms with Crippen molar-refractivity contribution in [3.8, 4) is 0 Å². The number of aliphatic hydroxyl groups is 1. The van der Waals surface area contributed by atoms with Gasteiger partial charge in [0.2, 0.25) is 5.60 Å². The molecule has 0 aromatic heterocycles. The molecular formula is C6H10O5. The monoisotopic (exact) mass is 162 g/mol. The molecule has 1 aliphatic rings. The van der Waals surface area contributed by atoms with Gasteiger partial charge in [-0.25, -0.2) is 4.79 Å². The Morgan fingerprint density at radius 2 is 1.73 bits per heavy atom. The van der Waals surface area contributed by atoms with Crippen molar-refractivity contribution in [2.45, 2.75) is 5.60 Å². The van der Waals surface area contributed by atoms with Crippen molar-refractivity contribution in [3.63, 3.8) is 0 Å². The van der Waals surface area contributed by atoms with Gasteiger partial charge in [-0.3, -0.25) is 0 Å². The second-order valence-electron chi connectivity index (χ2n) is 2.44. The molecule has 0 amide bonds. The topological polar surface area (TPSA) is 76.0 Å². The average molecular weight is 162 g/mol.